The Labute approximate surface area is 396 Å². The maximum Gasteiger partial charge on any atom is 0.328 e. The first-order chi connectivity index (χ1) is 31.7. The predicted octanol–water partition coefficient (Wildman–Crippen LogP) is 3.24. The number of ether oxygens (including phenoxy) is 5. The number of rotatable bonds is 34. The predicted molar refractivity (Wildman–Crippen MR) is 247 cm³/mol. The number of Topliss-reactive ketones (excluding diaryl/α,β-unsaturated/α-hetero) is 1. The van der Waals surface area contributed by atoms with E-state index in [0.29, 0.717) is 25.7 Å². The molecular formula is C48H77N5O14. The molecule has 0 aliphatic rings. The van der Waals surface area contributed by atoms with E-state index in [1.54, 1.807) is 48.6 Å². The molecule has 0 aromatic heterocycles. The molecule has 1 aromatic carbocycles. The zero-order valence-electron chi connectivity index (χ0n) is 41.2. The lowest BCUT2D eigenvalue weighted by Gasteiger charge is -2.25. The molecule has 4 amide bonds. The second-order valence-electron chi connectivity index (χ2n) is 17.7. The van der Waals surface area contributed by atoms with Gasteiger partial charge in [0.2, 0.25) is 23.6 Å². The highest BCUT2D eigenvalue weighted by atomic mass is 16.5. The molecular weight excluding hydrogens is 871 g/mol. The highest BCUT2D eigenvalue weighted by Crippen LogP contribution is 2.11. The number of unbranched alkanes of at least 4 members (excludes halogenated alkanes) is 2. The van der Waals surface area contributed by atoms with Crippen molar-refractivity contribution in [2.45, 2.75) is 150 Å². The molecule has 1 aromatic rings. The molecule has 5 atom stereocenters. The van der Waals surface area contributed by atoms with Crippen LogP contribution >= 0.6 is 0 Å². The molecule has 19 heteroatoms. The minimum atomic E-state index is -1.25. The standard InChI is InChI=1S/C48H77N5O14/c1-30(2)40(49-10)45(59)64-24-14-15-27-67-48(62)43(33(7)8)53-44(58)36(29-63-28-35-18-12-11-13-19-35)50-37(55)22-23-39(57)52-42(32(5)6)47(61)66-26-17-16-25-65-46(60)41(31(3)4)51-38(56)21-20-34(9)54/h11-13,18-19,30-33,36,40-43,49H,14-17,20-29H2,1-10H3,(H,50,55)(H,51,56)(H,52,57)(H,53,58). The van der Waals surface area contributed by atoms with Gasteiger partial charge in [-0.05, 0) is 68.9 Å². The number of esters is 4. The molecule has 0 fully saturated rings. The third-order valence-electron chi connectivity index (χ3n) is 10.3. The van der Waals surface area contributed by atoms with Crippen molar-refractivity contribution in [1.29, 1.82) is 0 Å². The molecule has 0 radical (unpaired) electrons. The van der Waals surface area contributed by atoms with E-state index in [4.69, 9.17) is 23.7 Å². The van der Waals surface area contributed by atoms with Gasteiger partial charge in [0.15, 0.2) is 0 Å². The lowest BCUT2D eigenvalue weighted by Crippen LogP contribution is -2.55. The van der Waals surface area contributed by atoms with Gasteiger partial charge in [0.1, 0.15) is 36.0 Å². The molecule has 0 heterocycles. The number of carbonyl (C=O) groups excluding carboxylic acids is 9. The van der Waals surface area contributed by atoms with E-state index in [2.05, 4.69) is 26.6 Å². The van der Waals surface area contributed by atoms with E-state index in [9.17, 15) is 43.2 Å². The molecule has 0 aliphatic carbocycles. The number of hydrogen-bond acceptors (Lipinski definition) is 15. The summed E-state index contributed by atoms with van der Waals surface area (Å²) in [5.41, 5.74) is 0.825. The van der Waals surface area contributed by atoms with Crippen LogP contribution in [0.1, 0.15) is 119 Å². The third-order valence-corrected chi connectivity index (χ3v) is 10.3. The van der Waals surface area contributed by atoms with Crippen molar-refractivity contribution in [1.82, 2.24) is 26.6 Å². The summed E-state index contributed by atoms with van der Waals surface area (Å²) in [5, 5.41) is 13.4. The first-order valence-corrected chi connectivity index (χ1v) is 23.3. The highest BCUT2D eigenvalue weighted by molar-refractivity contribution is 5.92. The molecule has 0 saturated carbocycles. The smallest absolute Gasteiger partial charge is 0.328 e. The van der Waals surface area contributed by atoms with E-state index in [1.165, 1.54) is 6.92 Å². The van der Waals surface area contributed by atoms with Crippen LogP contribution in [0.2, 0.25) is 0 Å². The summed E-state index contributed by atoms with van der Waals surface area (Å²) in [6, 6.07) is 4.52. The fraction of sp³-hybridized carbons (Fsp3) is 0.688. The summed E-state index contributed by atoms with van der Waals surface area (Å²) >= 11 is 0. The fourth-order valence-electron chi connectivity index (χ4n) is 6.25. The first-order valence-electron chi connectivity index (χ1n) is 23.3. The van der Waals surface area contributed by atoms with Crippen LogP contribution < -0.4 is 26.6 Å². The average molecular weight is 948 g/mol. The number of nitrogens with one attached hydrogen (secondary N) is 5. The van der Waals surface area contributed by atoms with Crippen molar-refractivity contribution in [3.8, 4) is 0 Å². The van der Waals surface area contributed by atoms with Crippen LogP contribution in [0.4, 0.5) is 0 Å². The minimum absolute atomic E-state index is 0.0149. The SMILES string of the molecule is CNC(C(=O)OCCCCOC(=O)C(NC(=O)C(COCc1ccccc1)NC(=O)CCC(=O)NC(C(=O)OCCCCOC(=O)C(NC(=O)CCC(C)=O)C(C)C)C(C)C)C(C)C)C(C)C. The Bertz CT molecular complexity index is 1720. The maximum absolute atomic E-state index is 13.6. The second kappa shape index (κ2) is 33.1. The Hall–Kier alpha value is -5.43. The fourth-order valence-corrected chi connectivity index (χ4v) is 6.25. The Balaban J connectivity index is 2.73. The quantitative estimate of drug-likeness (QED) is 0.0378. The van der Waals surface area contributed by atoms with Gasteiger partial charge in [-0.1, -0.05) is 85.7 Å². The van der Waals surface area contributed by atoms with Gasteiger partial charge in [0, 0.05) is 25.7 Å². The number of amides is 4. The van der Waals surface area contributed by atoms with E-state index < -0.39 is 77.7 Å². The lowest BCUT2D eigenvalue weighted by atomic mass is 10.0. The van der Waals surface area contributed by atoms with Crippen LogP contribution in [-0.4, -0.2) is 124 Å². The summed E-state index contributed by atoms with van der Waals surface area (Å²) in [7, 11) is 1.69. The third kappa shape index (κ3) is 25.3. The topological polar surface area (TPSA) is 260 Å². The maximum atomic E-state index is 13.6. The van der Waals surface area contributed by atoms with Crippen molar-refractivity contribution < 1.29 is 66.8 Å². The van der Waals surface area contributed by atoms with Crippen molar-refractivity contribution in [3.63, 3.8) is 0 Å². The zero-order valence-corrected chi connectivity index (χ0v) is 41.2. The van der Waals surface area contributed by atoms with Gasteiger partial charge in [0.05, 0.1) is 39.6 Å². The summed E-state index contributed by atoms with van der Waals surface area (Å²) in [4.78, 5) is 114. The van der Waals surface area contributed by atoms with E-state index in [-0.39, 0.29) is 94.8 Å². The Morgan fingerprint density at radius 1 is 0.478 bits per heavy atom. The Morgan fingerprint density at radius 3 is 1.21 bits per heavy atom. The Kier molecular flexibility index (Phi) is 29.4. The normalized spacial score (nSPS) is 13.5. The Morgan fingerprint density at radius 2 is 0.836 bits per heavy atom. The number of hydrogen-bond donors (Lipinski definition) is 5. The summed E-state index contributed by atoms with van der Waals surface area (Å²) in [6.07, 6.45) is 0.948. The molecule has 19 nitrogen and oxygen atoms in total. The molecule has 1 rings (SSSR count). The van der Waals surface area contributed by atoms with E-state index in [1.807, 2.05) is 44.2 Å². The van der Waals surface area contributed by atoms with Gasteiger partial charge in [-0.3, -0.25) is 24.0 Å². The molecule has 0 aliphatic heterocycles. The van der Waals surface area contributed by atoms with E-state index in [0.717, 1.165) is 5.56 Å². The van der Waals surface area contributed by atoms with E-state index >= 15 is 0 Å². The minimum Gasteiger partial charge on any atom is -0.465 e. The largest absolute Gasteiger partial charge is 0.465 e. The van der Waals surface area contributed by atoms with Crippen molar-refractivity contribution in [2.24, 2.45) is 23.7 Å². The number of ketones is 1. The molecule has 0 spiro atoms. The summed E-state index contributed by atoms with van der Waals surface area (Å²) in [5.74, 6) is -5.82. The molecule has 378 valence electrons. The van der Waals surface area contributed by atoms with Gasteiger partial charge in [0.25, 0.3) is 0 Å². The van der Waals surface area contributed by atoms with Crippen molar-refractivity contribution in [3.05, 3.63) is 35.9 Å². The van der Waals surface area contributed by atoms with Gasteiger partial charge in [-0.25, -0.2) is 14.4 Å². The number of carbonyl (C=O) groups is 9. The summed E-state index contributed by atoms with van der Waals surface area (Å²) < 4.78 is 27.3. The van der Waals surface area contributed by atoms with Gasteiger partial charge < -0.3 is 55.1 Å². The first kappa shape index (κ1) is 59.6. The molecule has 0 saturated heterocycles. The van der Waals surface area contributed by atoms with Crippen LogP contribution in [0.15, 0.2) is 30.3 Å². The van der Waals surface area contributed by atoms with Crippen LogP contribution in [0.3, 0.4) is 0 Å². The van der Waals surface area contributed by atoms with Gasteiger partial charge >= 0.3 is 23.9 Å². The van der Waals surface area contributed by atoms with Crippen LogP contribution in [0, 0.1) is 23.7 Å². The summed E-state index contributed by atoms with van der Waals surface area (Å²) in [6.45, 7) is 15.6. The molecule has 5 N–H and O–H groups in total. The van der Waals surface area contributed by atoms with Crippen LogP contribution in [-0.2, 0) is 73.4 Å². The number of likely N-dealkylation sites (N-methyl/N-ethyl adjacent to an activating group) is 1. The zero-order chi connectivity index (χ0) is 50.5. The van der Waals surface area contributed by atoms with Crippen LogP contribution in [0.5, 0.6) is 0 Å². The molecule has 5 unspecified atom stereocenters. The lowest BCUT2D eigenvalue weighted by molar-refractivity contribution is -0.151. The highest BCUT2D eigenvalue weighted by Gasteiger charge is 2.31. The molecule has 67 heavy (non-hydrogen) atoms. The van der Waals surface area contributed by atoms with Crippen molar-refractivity contribution in [2.75, 3.05) is 40.1 Å². The molecule has 0 bridgehead atoms. The van der Waals surface area contributed by atoms with Crippen molar-refractivity contribution >= 4 is 53.3 Å². The van der Waals surface area contributed by atoms with Crippen LogP contribution in [0.25, 0.3) is 0 Å². The average Bonchev–Trinajstić information content (AvgIpc) is 3.26. The number of benzene rings is 1. The second-order valence-corrected chi connectivity index (χ2v) is 17.7. The van der Waals surface area contributed by atoms with Gasteiger partial charge in [-0.2, -0.15) is 0 Å². The van der Waals surface area contributed by atoms with Gasteiger partial charge in [-0.15, -0.1) is 0 Å². The monoisotopic (exact) mass is 948 g/mol.